The first kappa shape index (κ1) is 11.8. The maximum absolute atomic E-state index is 3.40. The van der Waals surface area contributed by atoms with Crippen molar-refractivity contribution in [3.8, 4) is 0 Å². The van der Waals surface area contributed by atoms with E-state index in [0.29, 0.717) is 0 Å². The molecule has 0 bridgehead atoms. The summed E-state index contributed by atoms with van der Waals surface area (Å²) in [6.07, 6.45) is 11.6. The number of rotatable bonds is 5. The van der Waals surface area contributed by atoms with Crippen molar-refractivity contribution >= 4 is 0 Å². The van der Waals surface area contributed by atoms with Gasteiger partial charge in [0.2, 0.25) is 0 Å². The van der Waals surface area contributed by atoms with Gasteiger partial charge in [0.15, 0.2) is 0 Å². The molecule has 1 aliphatic carbocycles. The van der Waals surface area contributed by atoms with Crippen molar-refractivity contribution in [3.63, 3.8) is 0 Å². The fraction of sp³-hybridized carbons (Fsp3) is 0.846. The van der Waals surface area contributed by atoms with Gasteiger partial charge in [-0.25, -0.2) is 0 Å². The Morgan fingerprint density at radius 3 is 2.57 bits per heavy atom. The van der Waals surface area contributed by atoms with Crippen LogP contribution in [0.4, 0.5) is 0 Å². The van der Waals surface area contributed by atoms with Crippen molar-refractivity contribution in [3.05, 3.63) is 12.2 Å². The summed E-state index contributed by atoms with van der Waals surface area (Å²) in [6.45, 7) is 6.79. The normalized spacial score (nSPS) is 28.4. The molecule has 1 N–H and O–H groups in total. The molecule has 0 unspecified atom stereocenters. The van der Waals surface area contributed by atoms with E-state index in [1.807, 2.05) is 0 Å². The molecule has 0 atom stereocenters. The highest BCUT2D eigenvalue weighted by atomic mass is 14.8. The lowest BCUT2D eigenvalue weighted by Crippen LogP contribution is -2.15. The number of hydrogen-bond acceptors (Lipinski definition) is 1. The van der Waals surface area contributed by atoms with Gasteiger partial charge in [0.25, 0.3) is 0 Å². The van der Waals surface area contributed by atoms with Gasteiger partial charge in [-0.05, 0) is 37.6 Å². The average Bonchev–Trinajstić information content (AvgIpc) is 2.21. The summed E-state index contributed by atoms with van der Waals surface area (Å²) in [6, 6.07) is 0. The second kappa shape index (κ2) is 7.05. The lowest BCUT2D eigenvalue weighted by molar-refractivity contribution is 0.330. The fourth-order valence-electron chi connectivity index (χ4n) is 2.10. The second-order valence-corrected chi connectivity index (χ2v) is 4.65. The van der Waals surface area contributed by atoms with Crippen molar-refractivity contribution < 1.29 is 0 Å². The minimum absolute atomic E-state index is 0.870. The molecule has 1 heteroatoms. The van der Waals surface area contributed by atoms with Gasteiger partial charge in [-0.15, -0.1) is 0 Å². The lowest BCUT2D eigenvalue weighted by atomic mass is 9.83. The number of allylic oxidation sites excluding steroid dienone is 1. The standard InChI is InChI=1S/C13H25N/c1-3-10-14-11-4-5-13-8-6-12(2)7-9-13/h4-5,12-14H,3,6-11H2,1-2H3. The molecular formula is C13H25N. The SMILES string of the molecule is CCCNCC=CC1CCC(C)CC1. The van der Waals surface area contributed by atoms with Crippen LogP contribution < -0.4 is 5.32 Å². The minimum Gasteiger partial charge on any atom is -0.313 e. The van der Waals surface area contributed by atoms with Crippen LogP contribution in [0.1, 0.15) is 46.0 Å². The van der Waals surface area contributed by atoms with Crippen LogP contribution in [0.15, 0.2) is 12.2 Å². The van der Waals surface area contributed by atoms with Gasteiger partial charge in [0, 0.05) is 6.54 Å². The molecule has 0 heterocycles. The molecule has 0 aromatic heterocycles. The Bertz CT molecular complexity index is 155. The van der Waals surface area contributed by atoms with Gasteiger partial charge in [0.05, 0.1) is 0 Å². The van der Waals surface area contributed by atoms with E-state index in [4.69, 9.17) is 0 Å². The van der Waals surface area contributed by atoms with Crippen LogP contribution in [0.2, 0.25) is 0 Å². The van der Waals surface area contributed by atoms with Crippen LogP contribution in [0, 0.1) is 11.8 Å². The first-order valence-electron chi connectivity index (χ1n) is 6.20. The Labute approximate surface area is 89.0 Å². The monoisotopic (exact) mass is 195 g/mol. The van der Waals surface area contributed by atoms with Crippen molar-refractivity contribution in [2.24, 2.45) is 11.8 Å². The Balaban J connectivity index is 2.05. The highest BCUT2D eigenvalue weighted by Gasteiger charge is 2.15. The third-order valence-electron chi connectivity index (χ3n) is 3.16. The predicted octanol–water partition coefficient (Wildman–Crippen LogP) is 3.37. The molecule has 0 spiro atoms. The van der Waals surface area contributed by atoms with E-state index in [9.17, 15) is 0 Å². The van der Waals surface area contributed by atoms with Crippen LogP contribution in [0.5, 0.6) is 0 Å². The number of hydrogen-bond donors (Lipinski definition) is 1. The Morgan fingerprint density at radius 1 is 1.21 bits per heavy atom. The molecule has 0 aromatic carbocycles. The van der Waals surface area contributed by atoms with Crippen LogP contribution >= 0.6 is 0 Å². The van der Waals surface area contributed by atoms with E-state index in [-0.39, 0.29) is 0 Å². The lowest BCUT2D eigenvalue weighted by Gasteiger charge is -2.23. The minimum atomic E-state index is 0.870. The summed E-state index contributed by atoms with van der Waals surface area (Å²) in [5.41, 5.74) is 0. The molecule has 14 heavy (non-hydrogen) atoms. The van der Waals surface area contributed by atoms with Crippen molar-refractivity contribution in [1.82, 2.24) is 5.32 Å². The molecule has 0 radical (unpaired) electrons. The van der Waals surface area contributed by atoms with Gasteiger partial charge in [-0.2, -0.15) is 0 Å². The van der Waals surface area contributed by atoms with Gasteiger partial charge < -0.3 is 5.32 Å². The van der Waals surface area contributed by atoms with E-state index in [1.54, 1.807) is 0 Å². The second-order valence-electron chi connectivity index (χ2n) is 4.65. The summed E-state index contributed by atoms with van der Waals surface area (Å²) in [7, 11) is 0. The molecule has 1 saturated carbocycles. The number of nitrogens with one attached hydrogen (secondary N) is 1. The first-order chi connectivity index (χ1) is 6.83. The van der Waals surface area contributed by atoms with E-state index < -0.39 is 0 Å². The fourth-order valence-corrected chi connectivity index (χ4v) is 2.10. The largest absolute Gasteiger partial charge is 0.313 e. The van der Waals surface area contributed by atoms with Crippen LogP contribution in [0.3, 0.4) is 0 Å². The van der Waals surface area contributed by atoms with Crippen molar-refractivity contribution in [2.75, 3.05) is 13.1 Å². The zero-order valence-corrected chi connectivity index (χ0v) is 9.76. The summed E-state index contributed by atoms with van der Waals surface area (Å²) < 4.78 is 0. The molecule has 0 saturated heterocycles. The van der Waals surface area contributed by atoms with E-state index in [0.717, 1.165) is 24.9 Å². The molecule has 0 aromatic rings. The highest BCUT2D eigenvalue weighted by molar-refractivity contribution is 4.91. The van der Waals surface area contributed by atoms with Crippen LogP contribution in [-0.4, -0.2) is 13.1 Å². The van der Waals surface area contributed by atoms with Gasteiger partial charge in [-0.3, -0.25) is 0 Å². The molecule has 1 nitrogen and oxygen atoms in total. The molecule has 0 aliphatic heterocycles. The Hall–Kier alpha value is -0.300. The smallest absolute Gasteiger partial charge is 0.0134 e. The zero-order valence-electron chi connectivity index (χ0n) is 9.76. The van der Waals surface area contributed by atoms with Crippen LogP contribution in [-0.2, 0) is 0 Å². The van der Waals surface area contributed by atoms with E-state index in [1.165, 1.54) is 32.1 Å². The molecule has 1 fully saturated rings. The van der Waals surface area contributed by atoms with Crippen LogP contribution in [0.25, 0.3) is 0 Å². The predicted molar refractivity (Wildman–Crippen MR) is 63.4 cm³/mol. The third-order valence-corrected chi connectivity index (χ3v) is 3.16. The molecular weight excluding hydrogens is 170 g/mol. The topological polar surface area (TPSA) is 12.0 Å². The Kier molecular flexibility index (Phi) is 5.93. The third kappa shape index (κ3) is 4.80. The Morgan fingerprint density at radius 2 is 1.93 bits per heavy atom. The zero-order chi connectivity index (χ0) is 10.2. The maximum Gasteiger partial charge on any atom is 0.0134 e. The highest BCUT2D eigenvalue weighted by Crippen LogP contribution is 2.28. The molecule has 1 aliphatic rings. The molecule has 0 amide bonds. The summed E-state index contributed by atoms with van der Waals surface area (Å²) >= 11 is 0. The molecule has 82 valence electrons. The van der Waals surface area contributed by atoms with Gasteiger partial charge >= 0.3 is 0 Å². The maximum atomic E-state index is 3.40. The summed E-state index contributed by atoms with van der Waals surface area (Å²) in [5, 5.41) is 3.40. The average molecular weight is 195 g/mol. The quantitative estimate of drug-likeness (QED) is 0.524. The van der Waals surface area contributed by atoms with E-state index in [2.05, 4.69) is 31.3 Å². The van der Waals surface area contributed by atoms with Crippen molar-refractivity contribution in [2.45, 2.75) is 46.0 Å². The van der Waals surface area contributed by atoms with Gasteiger partial charge in [-0.1, -0.05) is 38.8 Å². The molecule has 1 rings (SSSR count). The van der Waals surface area contributed by atoms with E-state index >= 15 is 0 Å². The summed E-state index contributed by atoms with van der Waals surface area (Å²) in [5.74, 6) is 1.84. The van der Waals surface area contributed by atoms with Gasteiger partial charge in [0.1, 0.15) is 0 Å². The summed E-state index contributed by atoms with van der Waals surface area (Å²) in [4.78, 5) is 0. The first-order valence-corrected chi connectivity index (χ1v) is 6.20. The van der Waals surface area contributed by atoms with Crippen molar-refractivity contribution in [1.29, 1.82) is 0 Å².